The van der Waals surface area contributed by atoms with Crippen LogP contribution in [0.4, 0.5) is 0 Å². The second kappa shape index (κ2) is 8.66. The summed E-state index contributed by atoms with van der Waals surface area (Å²) in [7, 11) is -3.04. The van der Waals surface area contributed by atoms with Crippen molar-refractivity contribution in [1.82, 2.24) is 4.98 Å². The maximum atomic E-state index is 6.26. The van der Waals surface area contributed by atoms with Crippen molar-refractivity contribution < 1.29 is 9.31 Å². The SMILES string of the molecule is CC1(C)OB(c2ccc([Si](c3ccccc3)(c3ccccc3)c3ccccc3)cn2)OC1(C)C. The van der Waals surface area contributed by atoms with E-state index in [1.807, 2.05) is 6.20 Å². The molecule has 0 bridgehead atoms. The summed E-state index contributed by atoms with van der Waals surface area (Å²) in [5.41, 5.74) is 0.0167. The van der Waals surface area contributed by atoms with Crippen molar-refractivity contribution in [3.63, 3.8) is 0 Å². The van der Waals surface area contributed by atoms with Crippen molar-refractivity contribution in [2.75, 3.05) is 0 Å². The van der Waals surface area contributed by atoms with Crippen molar-refractivity contribution in [2.45, 2.75) is 38.9 Å². The zero-order chi connectivity index (χ0) is 23.8. The van der Waals surface area contributed by atoms with Gasteiger partial charge in [0.2, 0.25) is 0 Å². The van der Waals surface area contributed by atoms with Crippen LogP contribution in [0.1, 0.15) is 27.7 Å². The number of hydrogen-bond acceptors (Lipinski definition) is 3. The fraction of sp³-hybridized carbons (Fsp3) is 0.207. The molecular weight excluding hydrogens is 433 g/mol. The van der Waals surface area contributed by atoms with Gasteiger partial charge in [-0.2, -0.15) is 0 Å². The van der Waals surface area contributed by atoms with Crippen molar-refractivity contribution >= 4 is 41.5 Å². The lowest BCUT2D eigenvalue weighted by Crippen LogP contribution is -2.75. The van der Waals surface area contributed by atoms with E-state index >= 15 is 0 Å². The van der Waals surface area contributed by atoms with E-state index in [-0.39, 0.29) is 0 Å². The molecule has 1 saturated heterocycles. The van der Waals surface area contributed by atoms with Crippen LogP contribution in [-0.4, -0.2) is 31.4 Å². The molecule has 0 N–H and O–H groups in total. The molecule has 0 aliphatic carbocycles. The van der Waals surface area contributed by atoms with Crippen molar-refractivity contribution in [3.8, 4) is 0 Å². The van der Waals surface area contributed by atoms with E-state index in [0.717, 1.165) is 5.59 Å². The molecule has 1 fully saturated rings. The highest BCUT2D eigenvalue weighted by Crippen LogP contribution is 2.36. The molecule has 0 unspecified atom stereocenters. The molecule has 1 aromatic heterocycles. The van der Waals surface area contributed by atoms with E-state index < -0.39 is 26.4 Å². The van der Waals surface area contributed by atoms with Gasteiger partial charge in [0.05, 0.1) is 16.8 Å². The highest BCUT2D eigenvalue weighted by Gasteiger charge is 2.52. The fourth-order valence-corrected chi connectivity index (χ4v) is 9.46. The van der Waals surface area contributed by atoms with Gasteiger partial charge in [-0.25, -0.2) is 0 Å². The number of aromatic nitrogens is 1. The van der Waals surface area contributed by atoms with Gasteiger partial charge in [-0.05, 0) is 54.5 Å². The summed E-state index contributed by atoms with van der Waals surface area (Å²) in [6, 6.07) is 36.9. The lowest BCUT2D eigenvalue weighted by atomic mass is 9.84. The largest absolute Gasteiger partial charge is 0.514 e. The van der Waals surface area contributed by atoms with Crippen LogP contribution in [0.2, 0.25) is 0 Å². The Labute approximate surface area is 204 Å². The zero-order valence-electron chi connectivity index (χ0n) is 20.2. The van der Waals surface area contributed by atoms with Crippen LogP contribution in [-0.2, 0) is 9.31 Å². The fourth-order valence-electron chi connectivity index (χ4n) is 4.79. The summed E-state index contributed by atoms with van der Waals surface area (Å²) in [6.45, 7) is 8.28. The second-order valence-corrected chi connectivity index (χ2v) is 13.7. The van der Waals surface area contributed by atoms with E-state index in [0.29, 0.717) is 0 Å². The van der Waals surface area contributed by atoms with Crippen LogP contribution in [0.25, 0.3) is 0 Å². The predicted octanol–water partition coefficient (Wildman–Crippen LogP) is 2.76. The van der Waals surface area contributed by atoms with Crippen LogP contribution in [0.15, 0.2) is 109 Å². The van der Waals surface area contributed by atoms with E-state index in [2.05, 4.69) is 131 Å². The monoisotopic (exact) mass is 463 g/mol. The summed E-state index contributed by atoms with van der Waals surface area (Å²) >= 11 is 0. The molecule has 3 aromatic carbocycles. The van der Waals surface area contributed by atoms with E-state index in [4.69, 9.17) is 14.3 Å². The number of hydrogen-bond donors (Lipinski definition) is 0. The minimum absolute atomic E-state index is 0.394. The molecule has 1 aliphatic rings. The Bertz CT molecular complexity index is 1130. The standard InChI is InChI=1S/C29H30BNO2Si/c1-28(2)29(3,4)33-30(32-28)27-21-20-26(22-31-27)34(23-14-8-5-9-15-23,24-16-10-6-11-17-24)25-18-12-7-13-19-25/h5-22H,1-4H3. The lowest BCUT2D eigenvalue weighted by Gasteiger charge is -2.34. The molecule has 2 heterocycles. The van der Waals surface area contributed by atoms with Crippen LogP contribution in [0.5, 0.6) is 0 Å². The first kappa shape index (κ1) is 22.8. The van der Waals surface area contributed by atoms with Crippen LogP contribution in [0, 0.1) is 0 Å². The molecule has 0 spiro atoms. The summed E-state index contributed by atoms with van der Waals surface area (Å²) in [5.74, 6) is 0. The van der Waals surface area contributed by atoms with Gasteiger partial charge < -0.3 is 9.31 Å². The summed E-state index contributed by atoms with van der Waals surface area (Å²) in [5, 5.41) is 5.23. The first-order chi connectivity index (χ1) is 16.3. The maximum absolute atomic E-state index is 6.26. The Morgan fingerprint density at radius 2 is 0.971 bits per heavy atom. The van der Waals surface area contributed by atoms with Gasteiger partial charge in [-0.3, -0.25) is 4.98 Å². The number of pyridine rings is 1. The van der Waals surface area contributed by atoms with Crippen molar-refractivity contribution in [2.24, 2.45) is 0 Å². The zero-order valence-corrected chi connectivity index (χ0v) is 21.2. The molecule has 1 aliphatic heterocycles. The smallest absolute Gasteiger partial charge is 0.398 e. The van der Waals surface area contributed by atoms with Gasteiger partial charge in [-0.1, -0.05) is 97.1 Å². The molecule has 0 amide bonds. The minimum atomic E-state index is -2.56. The van der Waals surface area contributed by atoms with Gasteiger partial charge in [0.25, 0.3) is 0 Å². The third kappa shape index (κ3) is 3.74. The Morgan fingerprint density at radius 3 is 1.32 bits per heavy atom. The summed E-state index contributed by atoms with van der Waals surface area (Å²) in [6.07, 6.45) is 2.04. The normalized spacial score (nSPS) is 17.0. The molecule has 5 heteroatoms. The Balaban J connectivity index is 1.68. The van der Waals surface area contributed by atoms with Crippen LogP contribution >= 0.6 is 0 Å². The van der Waals surface area contributed by atoms with Crippen LogP contribution in [0.3, 0.4) is 0 Å². The third-order valence-corrected chi connectivity index (χ3v) is 12.1. The molecule has 0 radical (unpaired) electrons. The van der Waals surface area contributed by atoms with Crippen LogP contribution < -0.4 is 26.3 Å². The second-order valence-electron chi connectivity index (χ2n) is 9.91. The van der Waals surface area contributed by atoms with Crippen molar-refractivity contribution in [3.05, 3.63) is 109 Å². The maximum Gasteiger partial charge on any atom is 0.514 e. The third-order valence-electron chi connectivity index (χ3n) is 7.33. The molecule has 5 rings (SSSR count). The summed E-state index contributed by atoms with van der Waals surface area (Å²) < 4.78 is 12.5. The molecule has 3 nitrogen and oxygen atoms in total. The van der Waals surface area contributed by atoms with E-state index in [1.165, 1.54) is 20.7 Å². The number of benzene rings is 3. The number of nitrogens with zero attached hydrogens (tertiary/aromatic N) is 1. The Morgan fingerprint density at radius 1 is 0.559 bits per heavy atom. The van der Waals surface area contributed by atoms with Gasteiger partial charge in [0.1, 0.15) is 0 Å². The highest BCUT2D eigenvalue weighted by atomic mass is 28.3. The average molecular weight is 463 g/mol. The molecular formula is C29H30BNO2Si. The Hall–Kier alpha value is -2.99. The van der Waals surface area contributed by atoms with Gasteiger partial charge in [0.15, 0.2) is 8.07 Å². The molecule has 4 aromatic rings. The molecule has 170 valence electrons. The van der Waals surface area contributed by atoms with E-state index in [9.17, 15) is 0 Å². The number of rotatable bonds is 5. The Kier molecular flexibility index (Phi) is 5.80. The van der Waals surface area contributed by atoms with Gasteiger partial charge >= 0.3 is 7.12 Å². The molecule has 34 heavy (non-hydrogen) atoms. The van der Waals surface area contributed by atoms with Crippen molar-refractivity contribution in [1.29, 1.82) is 0 Å². The minimum Gasteiger partial charge on any atom is -0.398 e. The first-order valence-corrected chi connectivity index (χ1v) is 13.8. The average Bonchev–Trinajstić information content (AvgIpc) is 3.09. The lowest BCUT2D eigenvalue weighted by molar-refractivity contribution is 0.00578. The summed E-state index contributed by atoms with van der Waals surface area (Å²) in [4.78, 5) is 4.92. The first-order valence-electron chi connectivity index (χ1n) is 11.8. The predicted molar refractivity (Wildman–Crippen MR) is 144 cm³/mol. The van der Waals surface area contributed by atoms with E-state index in [1.54, 1.807) is 0 Å². The van der Waals surface area contributed by atoms with Gasteiger partial charge in [-0.15, -0.1) is 0 Å². The van der Waals surface area contributed by atoms with Gasteiger partial charge in [0, 0.05) is 6.20 Å². The molecule has 0 saturated carbocycles. The highest BCUT2D eigenvalue weighted by molar-refractivity contribution is 7.19. The quantitative estimate of drug-likeness (QED) is 0.337. The topological polar surface area (TPSA) is 31.4 Å². The molecule has 0 atom stereocenters.